The molecule has 0 aliphatic rings. The van der Waals surface area contributed by atoms with E-state index in [2.05, 4.69) is 25.2 Å². The fourth-order valence-corrected chi connectivity index (χ4v) is 3.86. The third kappa shape index (κ3) is 5.83. The number of ether oxygens (including phenoxy) is 3. The minimum Gasteiger partial charge on any atom is -0.504 e. The molecule has 6 heteroatoms. The molecule has 0 radical (unpaired) electrons. The Kier molecular flexibility index (Phi) is 9.02. The molecule has 0 aromatic heterocycles. The lowest BCUT2D eigenvalue weighted by Crippen LogP contribution is -2.32. The topological polar surface area (TPSA) is 83.7 Å². The number of aromatic hydroxyl groups is 1. The minimum absolute atomic E-state index is 0.0821. The highest BCUT2D eigenvalue weighted by molar-refractivity contribution is 5.46. The van der Waals surface area contributed by atoms with E-state index in [1.54, 1.807) is 26.4 Å². The molecule has 6 nitrogen and oxygen atoms in total. The maximum absolute atomic E-state index is 10.1. The van der Waals surface area contributed by atoms with Crippen LogP contribution in [0.25, 0.3) is 0 Å². The van der Waals surface area contributed by atoms with Crippen molar-refractivity contribution in [2.24, 2.45) is 5.92 Å². The zero-order valence-corrected chi connectivity index (χ0v) is 19.2. The number of phenols is 1. The molecule has 1 atom stereocenters. The van der Waals surface area contributed by atoms with Gasteiger partial charge >= 0.3 is 0 Å². The molecule has 0 unspecified atom stereocenters. The lowest BCUT2D eigenvalue weighted by molar-refractivity contribution is 0.347. The largest absolute Gasteiger partial charge is 0.504 e. The fourth-order valence-electron chi connectivity index (χ4n) is 3.86. The lowest BCUT2D eigenvalue weighted by Gasteiger charge is -2.32. The normalized spacial score (nSPS) is 12.8. The lowest BCUT2D eigenvalue weighted by atomic mass is 9.70. The third-order valence-corrected chi connectivity index (χ3v) is 5.84. The maximum Gasteiger partial charge on any atom is 0.160 e. The highest BCUT2D eigenvalue weighted by Gasteiger charge is 2.36. The van der Waals surface area contributed by atoms with Crippen LogP contribution in [0.3, 0.4) is 0 Å². The summed E-state index contributed by atoms with van der Waals surface area (Å²) < 4.78 is 15.9. The monoisotopic (exact) mass is 426 g/mol. The predicted molar refractivity (Wildman–Crippen MR) is 122 cm³/mol. The van der Waals surface area contributed by atoms with E-state index in [0.29, 0.717) is 5.75 Å². The molecular weight excluding hydrogens is 392 g/mol. The van der Waals surface area contributed by atoms with Crippen LogP contribution in [-0.4, -0.2) is 39.5 Å². The summed E-state index contributed by atoms with van der Waals surface area (Å²) in [7, 11) is 4.79. The maximum atomic E-state index is 10.1. The second-order valence-corrected chi connectivity index (χ2v) is 7.92. The highest BCUT2D eigenvalue weighted by atomic mass is 16.5. The number of hydrogen-bond donors (Lipinski definition) is 2. The van der Waals surface area contributed by atoms with E-state index >= 15 is 0 Å². The first-order valence-electron chi connectivity index (χ1n) is 10.6. The van der Waals surface area contributed by atoms with Crippen LogP contribution in [0.5, 0.6) is 23.0 Å². The number of phenolic OH excluding ortho intramolecular Hbond substituents is 1. The van der Waals surface area contributed by atoms with Gasteiger partial charge in [-0.3, -0.25) is 0 Å². The van der Waals surface area contributed by atoms with E-state index in [-0.39, 0.29) is 11.7 Å². The molecule has 0 saturated heterocycles. The SMILES string of the molecule is COc1cc([C@](C#N)(CCCNCCc2ccc(OC)c(OC)c2)C(C)C)ccc1O. The Bertz CT molecular complexity index is 892. The first-order chi connectivity index (χ1) is 14.9. The molecule has 0 amide bonds. The number of nitriles is 1. The molecule has 31 heavy (non-hydrogen) atoms. The smallest absolute Gasteiger partial charge is 0.160 e. The standard InChI is InChI=1S/C25H34N2O4/c1-18(2)25(17-26,20-8-9-21(28)23(16-20)30-4)12-6-13-27-14-11-19-7-10-22(29-3)24(15-19)31-5/h7-10,15-16,18,27-28H,6,11-14H2,1-5H3/t25-/m0/s1. The minimum atomic E-state index is -0.633. The van der Waals surface area contributed by atoms with Gasteiger partial charge in [0.25, 0.3) is 0 Å². The van der Waals surface area contributed by atoms with Gasteiger partial charge in [-0.1, -0.05) is 26.0 Å². The molecule has 2 aromatic rings. The van der Waals surface area contributed by atoms with Crippen molar-refractivity contribution in [2.45, 2.75) is 38.5 Å². The second kappa shape index (κ2) is 11.5. The fraction of sp³-hybridized carbons (Fsp3) is 0.480. The van der Waals surface area contributed by atoms with E-state index in [1.807, 2.05) is 24.3 Å². The van der Waals surface area contributed by atoms with Crippen LogP contribution in [-0.2, 0) is 11.8 Å². The molecule has 0 aliphatic carbocycles. The van der Waals surface area contributed by atoms with Crippen LogP contribution >= 0.6 is 0 Å². The highest BCUT2D eigenvalue weighted by Crippen LogP contribution is 2.40. The van der Waals surface area contributed by atoms with Crippen molar-refractivity contribution in [3.8, 4) is 29.1 Å². The molecule has 0 saturated carbocycles. The van der Waals surface area contributed by atoms with Crippen LogP contribution in [0.4, 0.5) is 0 Å². The molecule has 2 aromatic carbocycles. The number of methoxy groups -OCH3 is 3. The Balaban J connectivity index is 1.93. The molecule has 0 heterocycles. The quantitative estimate of drug-likeness (QED) is 0.488. The van der Waals surface area contributed by atoms with Crippen LogP contribution < -0.4 is 19.5 Å². The summed E-state index contributed by atoms with van der Waals surface area (Å²) in [5.74, 6) is 2.06. The molecular formula is C25H34N2O4. The van der Waals surface area contributed by atoms with Gasteiger partial charge < -0.3 is 24.6 Å². The first kappa shape index (κ1) is 24.4. The molecule has 0 bridgehead atoms. The van der Waals surface area contributed by atoms with E-state index in [0.717, 1.165) is 49.4 Å². The molecule has 0 aliphatic heterocycles. The van der Waals surface area contributed by atoms with Gasteiger partial charge in [0.05, 0.1) is 32.8 Å². The van der Waals surface area contributed by atoms with Crippen molar-refractivity contribution in [1.82, 2.24) is 5.32 Å². The summed E-state index contributed by atoms with van der Waals surface area (Å²) in [5, 5.41) is 23.5. The number of nitrogens with zero attached hydrogens (tertiary/aromatic N) is 1. The Morgan fingerprint density at radius 2 is 1.68 bits per heavy atom. The van der Waals surface area contributed by atoms with Crippen LogP contribution in [0, 0.1) is 17.2 Å². The van der Waals surface area contributed by atoms with Crippen LogP contribution in [0.1, 0.15) is 37.8 Å². The van der Waals surface area contributed by atoms with Crippen LogP contribution in [0.2, 0.25) is 0 Å². The molecule has 2 rings (SSSR count). The summed E-state index contributed by atoms with van der Waals surface area (Å²) in [6.07, 6.45) is 2.46. The van der Waals surface area contributed by atoms with Gasteiger partial charge in [0.1, 0.15) is 0 Å². The summed E-state index contributed by atoms with van der Waals surface area (Å²) in [6.45, 7) is 5.78. The predicted octanol–water partition coefficient (Wildman–Crippen LogP) is 4.45. The molecule has 168 valence electrons. The average Bonchev–Trinajstić information content (AvgIpc) is 2.78. The van der Waals surface area contributed by atoms with Gasteiger partial charge in [0.2, 0.25) is 0 Å². The Labute approximate surface area is 185 Å². The van der Waals surface area contributed by atoms with Crippen LogP contribution in [0.15, 0.2) is 36.4 Å². The van der Waals surface area contributed by atoms with Crippen molar-refractivity contribution in [1.29, 1.82) is 5.26 Å². The van der Waals surface area contributed by atoms with E-state index < -0.39 is 5.41 Å². The van der Waals surface area contributed by atoms with Crippen molar-refractivity contribution in [3.63, 3.8) is 0 Å². The molecule has 2 N–H and O–H groups in total. The Hall–Kier alpha value is -2.91. The number of hydrogen-bond acceptors (Lipinski definition) is 6. The summed E-state index contributed by atoms with van der Waals surface area (Å²) in [6, 6.07) is 13.7. The summed E-state index contributed by atoms with van der Waals surface area (Å²) >= 11 is 0. The number of nitrogens with one attached hydrogen (secondary N) is 1. The van der Waals surface area contributed by atoms with Gasteiger partial charge in [-0.15, -0.1) is 0 Å². The Morgan fingerprint density at radius 1 is 0.968 bits per heavy atom. The number of rotatable bonds is 12. The number of benzene rings is 2. The van der Waals surface area contributed by atoms with E-state index in [1.165, 1.54) is 12.7 Å². The first-order valence-corrected chi connectivity index (χ1v) is 10.6. The van der Waals surface area contributed by atoms with Crippen molar-refractivity contribution >= 4 is 0 Å². The summed E-state index contributed by atoms with van der Waals surface area (Å²) in [5.41, 5.74) is 1.42. The summed E-state index contributed by atoms with van der Waals surface area (Å²) in [4.78, 5) is 0. The molecule has 0 spiro atoms. The van der Waals surface area contributed by atoms with Crippen molar-refractivity contribution in [3.05, 3.63) is 47.5 Å². The van der Waals surface area contributed by atoms with Crippen molar-refractivity contribution < 1.29 is 19.3 Å². The van der Waals surface area contributed by atoms with Gasteiger partial charge in [-0.25, -0.2) is 0 Å². The van der Waals surface area contributed by atoms with Crippen molar-refractivity contribution in [2.75, 3.05) is 34.4 Å². The third-order valence-electron chi connectivity index (χ3n) is 5.84. The van der Waals surface area contributed by atoms with E-state index in [4.69, 9.17) is 14.2 Å². The van der Waals surface area contributed by atoms with Gasteiger partial charge in [-0.2, -0.15) is 5.26 Å². The van der Waals surface area contributed by atoms with Gasteiger partial charge in [0.15, 0.2) is 23.0 Å². The average molecular weight is 427 g/mol. The zero-order valence-electron chi connectivity index (χ0n) is 19.2. The second-order valence-electron chi connectivity index (χ2n) is 7.92. The van der Waals surface area contributed by atoms with Gasteiger partial charge in [0, 0.05) is 0 Å². The Morgan fingerprint density at radius 3 is 2.29 bits per heavy atom. The zero-order chi connectivity index (χ0) is 22.9. The van der Waals surface area contributed by atoms with Gasteiger partial charge in [-0.05, 0) is 73.7 Å². The molecule has 0 fully saturated rings. The van der Waals surface area contributed by atoms with E-state index in [9.17, 15) is 10.4 Å².